The Kier molecular flexibility index (Phi) is 5.32. The lowest BCUT2D eigenvalue weighted by atomic mass is 9.97. The summed E-state index contributed by atoms with van der Waals surface area (Å²) in [6.07, 6.45) is 9.15. The maximum absolute atomic E-state index is 5.96. The fourth-order valence-corrected chi connectivity index (χ4v) is 2.71. The predicted molar refractivity (Wildman–Crippen MR) is 88.8 cm³/mol. The van der Waals surface area contributed by atoms with Crippen molar-refractivity contribution in [3.8, 4) is 5.88 Å². The summed E-state index contributed by atoms with van der Waals surface area (Å²) in [6, 6.07) is 4.34. The molecule has 1 heterocycles. The average molecular weight is 291 g/mol. The van der Waals surface area contributed by atoms with E-state index >= 15 is 0 Å². The summed E-state index contributed by atoms with van der Waals surface area (Å²) in [5.74, 6) is 1.40. The molecule has 3 N–H and O–H groups in total. The second-order valence-electron chi connectivity index (χ2n) is 6.99. The maximum Gasteiger partial charge on any atom is 0.239 e. The van der Waals surface area contributed by atoms with Crippen LogP contribution in [0.3, 0.4) is 0 Å². The highest BCUT2D eigenvalue weighted by molar-refractivity contribution is 5.54. The average Bonchev–Trinajstić information content (AvgIpc) is 2.35. The molecular formula is C17H29N3O. The van der Waals surface area contributed by atoms with Crippen molar-refractivity contribution in [1.82, 2.24) is 4.98 Å². The lowest BCUT2D eigenvalue weighted by Gasteiger charge is -2.24. The number of nitrogen functional groups attached to an aromatic ring is 1. The molecule has 0 saturated heterocycles. The fraction of sp³-hybridized carbons (Fsp3) is 0.706. The van der Waals surface area contributed by atoms with E-state index in [-0.39, 0.29) is 5.60 Å². The second kappa shape index (κ2) is 7.01. The van der Waals surface area contributed by atoms with Gasteiger partial charge in [-0.2, -0.15) is 4.98 Å². The van der Waals surface area contributed by atoms with E-state index in [0.29, 0.717) is 17.6 Å². The molecule has 0 spiro atoms. The zero-order valence-corrected chi connectivity index (χ0v) is 13.6. The number of nitrogens with two attached hydrogens (primary N) is 1. The van der Waals surface area contributed by atoms with Crippen molar-refractivity contribution in [2.24, 2.45) is 0 Å². The van der Waals surface area contributed by atoms with Gasteiger partial charge < -0.3 is 15.8 Å². The maximum atomic E-state index is 5.96. The van der Waals surface area contributed by atoms with Crippen LogP contribution < -0.4 is 15.8 Å². The summed E-state index contributed by atoms with van der Waals surface area (Å²) in [6.45, 7) is 6.01. The summed E-state index contributed by atoms with van der Waals surface area (Å²) >= 11 is 0. The van der Waals surface area contributed by atoms with Crippen molar-refractivity contribution in [2.75, 3.05) is 11.1 Å². The molecule has 0 radical (unpaired) electrons. The topological polar surface area (TPSA) is 60.2 Å². The van der Waals surface area contributed by atoms with Gasteiger partial charge in [0.2, 0.25) is 5.88 Å². The molecular weight excluding hydrogens is 262 g/mol. The van der Waals surface area contributed by atoms with Gasteiger partial charge in [0.15, 0.2) is 0 Å². The zero-order valence-electron chi connectivity index (χ0n) is 13.6. The minimum atomic E-state index is -0.292. The third kappa shape index (κ3) is 5.44. The van der Waals surface area contributed by atoms with Crippen molar-refractivity contribution in [3.05, 3.63) is 12.1 Å². The fourth-order valence-electron chi connectivity index (χ4n) is 2.71. The molecule has 1 aromatic heterocycles. The Morgan fingerprint density at radius 2 is 1.71 bits per heavy atom. The molecule has 2 rings (SSSR count). The van der Waals surface area contributed by atoms with Crippen molar-refractivity contribution in [3.63, 3.8) is 0 Å². The molecule has 1 fully saturated rings. The Bertz CT molecular complexity index is 446. The van der Waals surface area contributed by atoms with Gasteiger partial charge in [-0.15, -0.1) is 0 Å². The first-order valence-corrected chi connectivity index (χ1v) is 8.16. The van der Waals surface area contributed by atoms with Crippen LogP contribution in [0.25, 0.3) is 0 Å². The highest BCUT2D eigenvalue weighted by atomic mass is 16.5. The summed E-state index contributed by atoms with van der Waals surface area (Å²) in [7, 11) is 0. The molecule has 1 saturated carbocycles. The quantitative estimate of drug-likeness (QED) is 0.868. The highest BCUT2D eigenvalue weighted by Crippen LogP contribution is 2.26. The molecule has 118 valence electrons. The molecule has 1 aliphatic rings. The molecule has 21 heavy (non-hydrogen) atoms. The van der Waals surface area contributed by atoms with Crippen LogP contribution in [0, 0.1) is 0 Å². The zero-order chi connectivity index (χ0) is 15.3. The van der Waals surface area contributed by atoms with Gasteiger partial charge in [-0.1, -0.05) is 32.1 Å². The molecule has 0 bridgehead atoms. The molecule has 0 aromatic carbocycles. The molecule has 1 aliphatic carbocycles. The van der Waals surface area contributed by atoms with Crippen molar-refractivity contribution >= 4 is 11.5 Å². The SMILES string of the molecule is CC(C)(C)Oc1nc(NC2CCCCCCC2)ccc1N. The van der Waals surface area contributed by atoms with Crippen LogP contribution in [-0.4, -0.2) is 16.6 Å². The van der Waals surface area contributed by atoms with E-state index in [1.54, 1.807) is 0 Å². The van der Waals surface area contributed by atoms with E-state index in [9.17, 15) is 0 Å². The lowest BCUT2D eigenvalue weighted by Crippen LogP contribution is -2.25. The van der Waals surface area contributed by atoms with Crippen LogP contribution in [0.2, 0.25) is 0 Å². The normalized spacial score (nSPS) is 17.9. The summed E-state index contributed by atoms with van der Waals surface area (Å²) in [4.78, 5) is 4.55. The summed E-state index contributed by atoms with van der Waals surface area (Å²) in [5, 5.41) is 3.56. The number of hydrogen-bond donors (Lipinski definition) is 2. The minimum absolute atomic E-state index is 0.292. The van der Waals surface area contributed by atoms with Gasteiger partial charge in [0.05, 0.1) is 5.69 Å². The monoisotopic (exact) mass is 291 g/mol. The van der Waals surface area contributed by atoms with Gasteiger partial charge in [0, 0.05) is 6.04 Å². The molecule has 0 unspecified atom stereocenters. The van der Waals surface area contributed by atoms with Gasteiger partial charge in [-0.25, -0.2) is 0 Å². The Morgan fingerprint density at radius 1 is 1.10 bits per heavy atom. The molecule has 0 aliphatic heterocycles. The molecule has 0 atom stereocenters. The van der Waals surface area contributed by atoms with Crippen LogP contribution in [0.4, 0.5) is 11.5 Å². The van der Waals surface area contributed by atoms with Crippen molar-refractivity contribution in [2.45, 2.75) is 77.4 Å². The Labute approximate surface area is 128 Å². The first kappa shape index (κ1) is 15.9. The number of hydrogen-bond acceptors (Lipinski definition) is 4. The summed E-state index contributed by atoms with van der Waals surface area (Å²) < 4.78 is 5.83. The number of rotatable bonds is 3. The number of aromatic nitrogens is 1. The standard InChI is InChI=1S/C17H29N3O/c1-17(2,3)21-16-14(18)11-12-15(20-16)19-13-9-7-5-4-6-8-10-13/h11-13H,4-10,18H2,1-3H3,(H,19,20). The number of anilines is 2. The van der Waals surface area contributed by atoms with Gasteiger partial charge in [0.25, 0.3) is 0 Å². The Morgan fingerprint density at radius 3 is 2.33 bits per heavy atom. The van der Waals surface area contributed by atoms with Crippen LogP contribution in [0.15, 0.2) is 12.1 Å². The third-order valence-electron chi connectivity index (χ3n) is 3.75. The molecule has 4 nitrogen and oxygen atoms in total. The Hall–Kier alpha value is -1.45. The van der Waals surface area contributed by atoms with Crippen LogP contribution >= 0.6 is 0 Å². The van der Waals surface area contributed by atoms with Crippen molar-refractivity contribution in [1.29, 1.82) is 0 Å². The minimum Gasteiger partial charge on any atom is -0.470 e. The number of nitrogens with zero attached hydrogens (tertiary/aromatic N) is 1. The van der Waals surface area contributed by atoms with E-state index < -0.39 is 0 Å². The van der Waals surface area contributed by atoms with Gasteiger partial charge >= 0.3 is 0 Å². The Balaban J connectivity index is 2.03. The van der Waals surface area contributed by atoms with Crippen LogP contribution in [0.5, 0.6) is 5.88 Å². The van der Waals surface area contributed by atoms with Gasteiger partial charge in [0.1, 0.15) is 11.4 Å². The lowest BCUT2D eigenvalue weighted by molar-refractivity contribution is 0.125. The van der Waals surface area contributed by atoms with Crippen LogP contribution in [-0.2, 0) is 0 Å². The number of nitrogens with one attached hydrogen (secondary N) is 1. The smallest absolute Gasteiger partial charge is 0.239 e. The van der Waals surface area contributed by atoms with E-state index in [1.165, 1.54) is 44.9 Å². The first-order valence-electron chi connectivity index (χ1n) is 8.16. The van der Waals surface area contributed by atoms with E-state index in [0.717, 1.165) is 5.82 Å². The molecule has 0 amide bonds. The van der Waals surface area contributed by atoms with E-state index in [1.807, 2.05) is 32.9 Å². The molecule has 1 aromatic rings. The second-order valence-corrected chi connectivity index (χ2v) is 6.99. The largest absolute Gasteiger partial charge is 0.470 e. The van der Waals surface area contributed by atoms with Crippen LogP contribution in [0.1, 0.15) is 65.7 Å². The van der Waals surface area contributed by atoms with Crippen molar-refractivity contribution < 1.29 is 4.74 Å². The number of ether oxygens (including phenoxy) is 1. The van der Waals surface area contributed by atoms with E-state index in [2.05, 4.69) is 10.3 Å². The first-order chi connectivity index (χ1) is 9.94. The third-order valence-corrected chi connectivity index (χ3v) is 3.75. The highest BCUT2D eigenvalue weighted by Gasteiger charge is 2.17. The predicted octanol–water partition coefficient (Wildman–Crippen LogP) is 4.37. The summed E-state index contributed by atoms with van der Waals surface area (Å²) in [5.41, 5.74) is 6.26. The van der Waals surface area contributed by atoms with Gasteiger partial charge in [-0.3, -0.25) is 0 Å². The molecule has 4 heteroatoms. The van der Waals surface area contributed by atoms with Gasteiger partial charge in [-0.05, 0) is 45.7 Å². The number of pyridine rings is 1. The van der Waals surface area contributed by atoms with E-state index in [4.69, 9.17) is 10.5 Å².